The average molecular weight is 408 g/mol. The Morgan fingerprint density at radius 2 is 1.85 bits per heavy atom. The Labute approximate surface area is 157 Å². The van der Waals surface area contributed by atoms with Crippen LogP contribution in [0.4, 0.5) is 18.9 Å². The van der Waals surface area contributed by atoms with Crippen molar-refractivity contribution in [1.29, 1.82) is 0 Å². The fourth-order valence-electron chi connectivity index (χ4n) is 1.90. The molecule has 0 saturated carbocycles. The van der Waals surface area contributed by atoms with E-state index in [0.29, 0.717) is 5.02 Å². The molecular formula is C17H14Cl2F3NO3. The Bertz CT molecular complexity index is 784. The molecule has 1 N–H and O–H groups in total. The number of amides is 1. The lowest BCUT2D eigenvalue weighted by Crippen LogP contribution is -2.30. The zero-order valence-corrected chi connectivity index (χ0v) is 15.0. The maximum atomic E-state index is 12.3. The van der Waals surface area contributed by atoms with Gasteiger partial charge in [0.25, 0.3) is 5.91 Å². The van der Waals surface area contributed by atoms with Gasteiger partial charge in [-0.2, -0.15) is 13.2 Å². The van der Waals surface area contributed by atoms with Crippen LogP contribution in [0.1, 0.15) is 6.92 Å². The first-order valence-corrected chi connectivity index (χ1v) is 8.12. The fourth-order valence-corrected chi connectivity index (χ4v) is 2.36. The number of para-hydroxylation sites is 2. The highest BCUT2D eigenvalue weighted by atomic mass is 35.5. The predicted octanol–water partition coefficient (Wildman–Crippen LogP) is 5.34. The summed E-state index contributed by atoms with van der Waals surface area (Å²) in [5, 5.41) is 3.11. The third-order valence-electron chi connectivity index (χ3n) is 3.10. The monoisotopic (exact) mass is 407 g/mol. The van der Waals surface area contributed by atoms with Gasteiger partial charge in [0.05, 0.1) is 10.7 Å². The lowest BCUT2D eigenvalue weighted by Gasteiger charge is -2.17. The van der Waals surface area contributed by atoms with Crippen LogP contribution in [-0.4, -0.2) is 24.8 Å². The molecule has 0 aliphatic rings. The van der Waals surface area contributed by atoms with Gasteiger partial charge in [-0.15, -0.1) is 0 Å². The number of ether oxygens (including phenoxy) is 2. The first-order chi connectivity index (χ1) is 12.2. The second kappa shape index (κ2) is 8.51. The molecule has 1 amide bonds. The van der Waals surface area contributed by atoms with E-state index in [1.165, 1.54) is 37.3 Å². The van der Waals surface area contributed by atoms with E-state index >= 15 is 0 Å². The Morgan fingerprint density at radius 3 is 2.50 bits per heavy atom. The first kappa shape index (κ1) is 20.2. The number of benzene rings is 2. The van der Waals surface area contributed by atoms with Crippen LogP contribution < -0.4 is 14.8 Å². The molecule has 1 unspecified atom stereocenters. The molecule has 2 aromatic carbocycles. The van der Waals surface area contributed by atoms with Crippen LogP contribution >= 0.6 is 23.2 Å². The first-order valence-electron chi connectivity index (χ1n) is 7.37. The van der Waals surface area contributed by atoms with E-state index in [1.54, 1.807) is 12.1 Å². The fraction of sp³-hybridized carbons (Fsp3) is 0.235. The number of hydrogen-bond donors (Lipinski definition) is 1. The summed E-state index contributed by atoms with van der Waals surface area (Å²) in [5.41, 5.74) is 0.0967. The second-order valence-electron chi connectivity index (χ2n) is 5.22. The van der Waals surface area contributed by atoms with Gasteiger partial charge in [-0.05, 0) is 37.3 Å². The molecule has 0 bridgehead atoms. The molecule has 9 heteroatoms. The number of anilines is 1. The van der Waals surface area contributed by atoms with Gasteiger partial charge in [-0.3, -0.25) is 4.79 Å². The van der Waals surface area contributed by atoms with Crippen molar-refractivity contribution < 1.29 is 27.4 Å². The van der Waals surface area contributed by atoms with Crippen LogP contribution in [0.15, 0.2) is 42.5 Å². The summed E-state index contributed by atoms with van der Waals surface area (Å²) in [6.45, 7) is 0.00573. The quantitative estimate of drug-likeness (QED) is 0.702. The summed E-state index contributed by atoms with van der Waals surface area (Å²) in [4.78, 5) is 12.3. The smallest absolute Gasteiger partial charge is 0.422 e. The molecule has 0 aliphatic heterocycles. The molecule has 0 heterocycles. The maximum Gasteiger partial charge on any atom is 0.422 e. The van der Waals surface area contributed by atoms with Crippen molar-refractivity contribution >= 4 is 34.8 Å². The lowest BCUT2D eigenvalue weighted by molar-refractivity contribution is -0.153. The van der Waals surface area contributed by atoms with Gasteiger partial charge in [0.1, 0.15) is 11.5 Å². The van der Waals surface area contributed by atoms with Crippen molar-refractivity contribution in [3.8, 4) is 11.5 Å². The van der Waals surface area contributed by atoms with Gasteiger partial charge in [0.2, 0.25) is 0 Å². The topological polar surface area (TPSA) is 47.6 Å². The van der Waals surface area contributed by atoms with Crippen LogP contribution in [0.2, 0.25) is 10.0 Å². The summed E-state index contributed by atoms with van der Waals surface area (Å²) in [7, 11) is 0. The molecule has 0 spiro atoms. The Hall–Kier alpha value is -2.12. The summed E-state index contributed by atoms with van der Waals surface area (Å²) >= 11 is 11.8. The van der Waals surface area contributed by atoms with Gasteiger partial charge in [0, 0.05) is 5.02 Å². The molecule has 140 valence electrons. The van der Waals surface area contributed by atoms with E-state index in [0.717, 1.165) is 0 Å². The van der Waals surface area contributed by atoms with Gasteiger partial charge in [0.15, 0.2) is 12.7 Å². The standard InChI is InChI=1S/C17H14Cl2F3NO3/c1-10(26-14-7-6-11(18)8-12(14)19)16(24)23-13-4-2-3-5-15(13)25-9-17(20,21)22/h2-8,10H,9H2,1H3,(H,23,24). The Kier molecular flexibility index (Phi) is 6.61. The summed E-state index contributed by atoms with van der Waals surface area (Å²) in [6, 6.07) is 10.3. The van der Waals surface area contributed by atoms with E-state index < -0.39 is 24.8 Å². The molecule has 0 aromatic heterocycles. The van der Waals surface area contributed by atoms with Crippen LogP contribution in [0.5, 0.6) is 11.5 Å². The number of carbonyl (C=O) groups is 1. The van der Waals surface area contributed by atoms with Crippen LogP contribution in [-0.2, 0) is 4.79 Å². The van der Waals surface area contributed by atoms with Crippen molar-refractivity contribution in [2.45, 2.75) is 19.2 Å². The van der Waals surface area contributed by atoms with Crippen molar-refractivity contribution in [2.24, 2.45) is 0 Å². The highest BCUT2D eigenvalue weighted by molar-refractivity contribution is 6.35. The van der Waals surface area contributed by atoms with E-state index in [9.17, 15) is 18.0 Å². The van der Waals surface area contributed by atoms with E-state index in [4.69, 9.17) is 32.7 Å². The van der Waals surface area contributed by atoms with Crippen LogP contribution in [0.3, 0.4) is 0 Å². The van der Waals surface area contributed by atoms with Crippen molar-refractivity contribution in [3.63, 3.8) is 0 Å². The highest BCUT2D eigenvalue weighted by Crippen LogP contribution is 2.29. The minimum Gasteiger partial charge on any atom is -0.482 e. The van der Waals surface area contributed by atoms with Gasteiger partial charge >= 0.3 is 6.18 Å². The second-order valence-corrected chi connectivity index (χ2v) is 6.07. The van der Waals surface area contributed by atoms with Crippen molar-refractivity contribution in [1.82, 2.24) is 0 Å². The van der Waals surface area contributed by atoms with E-state index in [1.807, 2.05) is 0 Å². The zero-order valence-electron chi connectivity index (χ0n) is 13.4. The van der Waals surface area contributed by atoms with E-state index in [-0.39, 0.29) is 22.2 Å². The van der Waals surface area contributed by atoms with Crippen molar-refractivity contribution in [2.75, 3.05) is 11.9 Å². The maximum absolute atomic E-state index is 12.3. The molecule has 4 nitrogen and oxygen atoms in total. The minimum absolute atomic E-state index is 0.0967. The molecule has 2 aromatic rings. The van der Waals surface area contributed by atoms with Crippen molar-refractivity contribution in [3.05, 3.63) is 52.5 Å². The summed E-state index contributed by atoms with van der Waals surface area (Å²) < 4.78 is 47.1. The number of hydrogen-bond acceptors (Lipinski definition) is 3. The number of rotatable bonds is 6. The van der Waals surface area contributed by atoms with Crippen LogP contribution in [0.25, 0.3) is 0 Å². The number of halogens is 5. The largest absolute Gasteiger partial charge is 0.482 e. The molecule has 0 fully saturated rings. The molecule has 2 rings (SSSR count). The average Bonchev–Trinajstić information content (AvgIpc) is 2.55. The Balaban J connectivity index is 2.04. The number of carbonyl (C=O) groups excluding carboxylic acids is 1. The van der Waals surface area contributed by atoms with Gasteiger partial charge in [-0.1, -0.05) is 35.3 Å². The molecule has 26 heavy (non-hydrogen) atoms. The molecule has 0 saturated heterocycles. The predicted molar refractivity (Wildman–Crippen MR) is 93.2 cm³/mol. The number of nitrogens with one attached hydrogen (secondary N) is 1. The summed E-state index contributed by atoms with van der Waals surface area (Å²) in [6.07, 6.45) is -5.46. The zero-order chi connectivity index (χ0) is 19.3. The normalized spacial score (nSPS) is 12.4. The lowest BCUT2D eigenvalue weighted by atomic mass is 10.2. The highest BCUT2D eigenvalue weighted by Gasteiger charge is 2.29. The van der Waals surface area contributed by atoms with Crippen LogP contribution in [0, 0.1) is 0 Å². The number of alkyl halides is 3. The van der Waals surface area contributed by atoms with E-state index in [2.05, 4.69) is 5.32 Å². The molecule has 0 radical (unpaired) electrons. The third-order valence-corrected chi connectivity index (χ3v) is 3.63. The minimum atomic E-state index is -4.49. The molecule has 1 atom stereocenters. The summed E-state index contributed by atoms with van der Waals surface area (Å²) in [5.74, 6) is -0.436. The van der Waals surface area contributed by atoms with Gasteiger partial charge < -0.3 is 14.8 Å². The third kappa shape index (κ3) is 6.00. The Morgan fingerprint density at radius 1 is 1.15 bits per heavy atom. The molecule has 0 aliphatic carbocycles. The van der Waals surface area contributed by atoms with Gasteiger partial charge in [-0.25, -0.2) is 0 Å². The SMILES string of the molecule is CC(Oc1ccc(Cl)cc1Cl)C(=O)Nc1ccccc1OCC(F)(F)F. The molecular weight excluding hydrogens is 394 g/mol.